The highest BCUT2D eigenvalue weighted by Gasteiger charge is 2.48. The predicted octanol–water partition coefficient (Wildman–Crippen LogP) is 3.34. The predicted molar refractivity (Wildman–Crippen MR) is 98.1 cm³/mol. The van der Waals surface area contributed by atoms with Gasteiger partial charge in [0.15, 0.2) is 23.8 Å². The van der Waals surface area contributed by atoms with Crippen molar-refractivity contribution in [3.05, 3.63) is 95.9 Å². The molecular weight excluding hydrogens is 360 g/mol. The minimum absolute atomic E-state index is 0.0345. The van der Waals surface area contributed by atoms with Crippen LogP contribution in [0.4, 0.5) is 0 Å². The second kappa shape index (κ2) is 7.72. The first-order valence-electron chi connectivity index (χ1n) is 8.72. The highest BCUT2D eigenvalue weighted by molar-refractivity contribution is 6.08. The van der Waals surface area contributed by atoms with Crippen molar-refractivity contribution < 1.29 is 28.3 Å². The average molecular weight is 376 g/mol. The number of Topliss-reactive ketones (excluding diaryl/α,β-unsaturated/α-hetero) is 3. The van der Waals surface area contributed by atoms with Crippen molar-refractivity contribution in [2.45, 2.75) is 18.5 Å². The van der Waals surface area contributed by atoms with Crippen molar-refractivity contribution in [2.75, 3.05) is 0 Å². The number of furan rings is 1. The van der Waals surface area contributed by atoms with Gasteiger partial charge in [-0.3, -0.25) is 14.4 Å². The monoisotopic (exact) mass is 376 g/mol. The lowest BCUT2D eigenvalue weighted by Crippen LogP contribution is -2.37. The van der Waals surface area contributed by atoms with Crippen molar-refractivity contribution in [1.82, 2.24) is 0 Å². The molecule has 1 aliphatic rings. The van der Waals surface area contributed by atoms with Crippen LogP contribution in [-0.4, -0.2) is 35.8 Å². The summed E-state index contributed by atoms with van der Waals surface area (Å²) in [6, 6.07) is 19.9. The van der Waals surface area contributed by atoms with Crippen molar-refractivity contribution in [1.29, 1.82) is 0 Å². The van der Waals surface area contributed by atoms with Crippen LogP contribution in [0.3, 0.4) is 0 Å². The molecular formula is C22H16O6. The third-order valence-electron chi connectivity index (χ3n) is 4.43. The Labute approximate surface area is 160 Å². The summed E-state index contributed by atoms with van der Waals surface area (Å²) in [5, 5.41) is 0. The molecule has 2 heterocycles. The van der Waals surface area contributed by atoms with Gasteiger partial charge in [0.2, 0.25) is 17.9 Å². The van der Waals surface area contributed by atoms with E-state index in [1.807, 2.05) is 0 Å². The van der Waals surface area contributed by atoms with Gasteiger partial charge in [-0.25, -0.2) is 0 Å². The summed E-state index contributed by atoms with van der Waals surface area (Å²) in [5.74, 6) is -1.41. The van der Waals surface area contributed by atoms with E-state index in [1.165, 1.54) is 12.3 Å². The molecule has 4 rings (SSSR count). The second-order valence-corrected chi connectivity index (χ2v) is 6.25. The van der Waals surface area contributed by atoms with Crippen LogP contribution in [0.25, 0.3) is 0 Å². The Morgan fingerprint density at radius 2 is 1.14 bits per heavy atom. The maximum absolute atomic E-state index is 12.9. The molecule has 0 N–H and O–H groups in total. The lowest BCUT2D eigenvalue weighted by atomic mass is 9.99. The number of benzene rings is 2. The summed E-state index contributed by atoms with van der Waals surface area (Å²) in [7, 11) is 0. The molecule has 0 saturated carbocycles. The third kappa shape index (κ3) is 3.43. The Kier molecular flexibility index (Phi) is 4.97. The van der Waals surface area contributed by atoms with E-state index in [9.17, 15) is 14.4 Å². The molecule has 6 nitrogen and oxygen atoms in total. The number of ketones is 3. The molecule has 140 valence electrons. The minimum atomic E-state index is -1.36. The van der Waals surface area contributed by atoms with E-state index in [0.717, 1.165) is 0 Å². The highest BCUT2D eigenvalue weighted by Crippen LogP contribution is 2.28. The molecule has 1 saturated heterocycles. The number of rotatable bonds is 6. The minimum Gasteiger partial charge on any atom is -0.461 e. The zero-order valence-corrected chi connectivity index (χ0v) is 14.7. The maximum Gasteiger partial charge on any atom is 0.229 e. The molecule has 0 aliphatic carbocycles. The van der Waals surface area contributed by atoms with Crippen LogP contribution in [-0.2, 0) is 9.47 Å². The molecule has 28 heavy (non-hydrogen) atoms. The Balaban J connectivity index is 1.64. The normalized spacial score (nSPS) is 21.4. The first-order chi connectivity index (χ1) is 13.6. The first-order valence-corrected chi connectivity index (χ1v) is 8.72. The fourth-order valence-electron chi connectivity index (χ4n) is 3.03. The van der Waals surface area contributed by atoms with Gasteiger partial charge in [-0.15, -0.1) is 0 Å². The van der Waals surface area contributed by atoms with Gasteiger partial charge < -0.3 is 13.9 Å². The standard InChI is InChI=1S/C22H16O6/c23-17(14-8-3-1-4-9-14)20-21(19(25)16-12-7-13-26-16)28-22(27-20)18(24)15-10-5-2-6-11-15/h1-13,20-22H/t20-,21-,22+/m0/s1. The SMILES string of the molecule is O=C(c1ccccc1)[C@@H]1O[C@@H](C(=O)c2ccccc2)[C@H](C(=O)c2ccco2)O1. The van der Waals surface area contributed by atoms with Crippen LogP contribution in [0.2, 0.25) is 0 Å². The van der Waals surface area contributed by atoms with Gasteiger partial charge >= 0.3 is 0 Å². The van der Waals surface area contributed by atoms with Crippen LogP contribution in [0.1, 0.15) is 31.3 Å². The van der Waals surface area contributed by atoms with E-state index in [2.05, 4.69) is 0 Å². The maximum atomic E-state index is 12.9. The zero-order valence-electron chi connectivity index (χ0n) is 14.7. The fraction of sp³-hybridized carbons (Fsp3) is 0.136. The van der Waals surface area contributed by atoms with Crippen molar-refractivity contribution >= 4 is 17.3 Å². The molecule has 1 aromatic heterocycles. The van der Waals surface area contributed by atoms with Crippen molar-refractivity contribution in [3.8, 4) is 0 Å². The summed E-state index contributed by atoms with van der Waals surface area (Å²) in [4.78, 5) is 38.4. The quantitative estimate of drug-likeness (QED) is 0.614. The van der Waals surface area contributed by atoms with Crippen molar-refractivity contribution in [3.63, 3.8) is 0 Å². The molecule has 3 atom stereocenters. The lowest BCUT2D eigenvalue weighted by molar-refractivity contribution is -0.0374. The zero-order chi connectivity index (χ0) is 19.5. The fourth-order valence-corrected chi connectivity index (χ4v) is 3.03. The van der Waals surface area contributed by atoms with Gasteiger partial charge in [0.1, 0.15) is 0 Å². The molecule has 0 bridgehead atoms. The molecule has 3 aromatic rings. The second-order valence-electron chi connectivity index (χ2n) is 6.25. The van der Waals surface area contributed by atoms with E-state index in [0.29, 0.717) is 11.1 Å². The van der Waals surface area contributed by atoms with Gasteiger partial charge in [0, 0.05) is 11.1 Å². The molecule has 0 spiro atoms. The highest BCUT2D eigenvalue weighted by atomic mass is 16.7. The van der Waals surface area contributed by atoms with Crippen LogP contribution in [0, 0.1) is 0 Å². The van der Waals surface area contributed by atoms with Gasteiger partial charge in [-0.1, -0.05) is 60.7 Å². The molecule has 2 aromatic carbocycles. The summed E-state index contributed by atoms with van der Waals surface area (Å²) >= 11 is 0. The van der Waals surface area contributed by atoms with E-state index < -0.39 is 35.8 Å². The smallest absolute Gasteiger partial charge is 0.229 e. The van der Waals surface area contributed by atoms with Gasteiger partial charge in [-0.05, 0) is 12.1 Å². The summed E-state index contributed by atoms with van der Waals surface area (Å²) in [5.41, 5.74) is 0.727. The van der Waals surface area contributed by atoms with Gasteiger partial charge in [0.25, 0.3) is 0 Å². The summed E-state index contributed by atoms with van der Waals surface area (Å²) in [6.07, 6.45) is -2.54. The van der Waals surface area contributed by atoms with Gasteiger partial charge in [0.05, 0.1) is 6.26 Å². The van der Waals surface area contributed by atoms with Crippen molar-refractivity contribution in [2.24, 2.45) is 0 Å². The molecule has 6 heteroatoms. The lowest BCUT2D eigenvalue weighted by Gasteiger charge is -2.13. The Hall–Kier alpha value is -3.35. The van der Waals surface area contributed by atoms with Crippen LogP contribution in [0.5, 0.6) is 0 Å². The van der Waals surface area contributed by atoms with Crippen LogP contribution < -0.4 is 0 Å². The summed E-state index contributed by atoms with van der Waals surface area (Å²) < 4.78 is 16.4. The number of ether oxygens (including phenoxy) is 2. The largest absolute Gasteiger partial charge is 0.461 e. The molecule has 0 radical (unpaired) electrons. The first kappa shape index (κ1) is 18.0. The third-order valence-corrected chi connectivity index (χ3v) is 4.43. The number of carbonyl (C=O) groups excluding carboxylic acids is 3. The van der Waals surface area contributed by atoms with Crippen LogP contribution in [0.15, 0.2) is 83.5 Å². The Bertz CT molecular complexity index is 978. The van der Waals surface area contributed by atoms with E-state index in [4.69, 9.17) is 13.9 Å². The molecule has 1 aliphatic heterocycles. The van der Waals surface area contributed by atoms with Gasteiger partial charge in [-0.2, -0.15) is 0 Å². The molecule has 0 amide bonds. The number of hydrogen-bond donors (Lipinski definition) is 0. The molecule has 0 unspecified atom stereocenters. The van der Waals surface area contributed by atoms with E-state index in [1.54, 1.807) is 66.7 Å². The van der Waals surface area contributed by atoms with E-state index in [-0.39, 0.29) is 5.76 Å². The average Bonchev–Trinajstić information content (AvgIpc) is 3.44. The number of hydrogen-bond acceptors (Lipinski definition) is 6. The Morgan fingerprint density at radius 3 is 1.68 bits per heavy atom. The van der Waals surface area contributed by atoms with E-state index >= 15 is 0 Å². The summed E-state index contributed by atoms with van der Waals surface area (Å²) in [6.45, 7) is 0. The Morgan fingerprint density at radius 1 is 0.607 bits per heavy atom. The topological polar surface area (TPSA) is 82.8 Å². The molecule has 1 fully saturated rings. The number of carbonyl (C=O) groups is 3. The van der Waals surface area contributed by atoms with Crippen LogP contribution >= 0.6 is 0 Å².